The van der Waals surface area contributed by atoms with E-state index < -0.39 is 0 Å². The van der Waals surface area contributed by atoms with Crippen LogP contribution in [0.1, 0.15) is 83.5 Å². The molecule has 1 rings (SSSR count). The molecule has 0 radical (unpaired) electrons. The second kappa shape index (κ2) is 15.3. The van der Waals surface area contributed by atoms with Gasteiger partial charge in [0.15, 0.2) is 6.29 Å². The molecule has 22 heavy (non-hydrogen) atoms. The quantitative estimate of drug-likeness (QED) is 0.355. The van der Waals surface area contributed by atoms with Gasteiger partial charge in [-0.2, -0.15) is 0 Å². The maximum Gasteiger partial charge on any atom is 0.157 e. The SMILES string of the molecule is FCCCCCCCCCCC#CCCOC1CCCCO1. The highest BCUT2D eigenvalue weighted by Crippen LogP contribution is 2.13. The number of hydrogen-bond acceptors (Lipinski definition) is 2. The third kappa shape index (κ3) is 12.0. The van der Waals surface area contributed by atoms with Crippen LogP contribution in [0.2, 0.25) is 0 Å². The van der Waals surface area contributed by atoms with E-state index in [-0.39, 0.29) is 13.0 Å². The Balaban J connectivity index is 1.77. The van der Waals surface area contributed by atoms with Crippen molar-refractivity contribution >= 4 is 0 Å². The number of halogens is 1. The molecule has 0 aromatic rings. The molecule has 0 amide bonds. The highest BCUT2D eigenvalue weighted by atomic mass is 19.1. The number of alkyl halides is 1. The van der Waals surface area contributed by atoms with E-state index >= 15 is 0 Å². The fourth-order valence-electron chi connectivity index (χ4n) is 2.63. The molecule has 0 saturated carbocycles. The summed E-state index contributed by atoms with van der Waals surface area (Å²) in [6, 6.07) is 0. The molecule has 1 unspecified atom stereocenters. The van der Waals surface area contributed by atoms with Crippen molar-refractivity contribution in [3.05, 3.63) is 0 Å². The van der Waals surface area contributed by atoms with Crippen molar-refractivity contribution in [2.45, 2.75) is 89.8 Å². The van der Waals surface area contributed by atoms with Crippen LogP contribution < -0.4 is 0 Å². The molecule has 1 heterocycles. The van der Waals surface area contributed by atoms with Crippen molar-refractivity contribution in [2.75, 3.05) is 19.9 Å². The van der Waals surface area contributed by atoms with Crippen molar-refractivity contribution in [3.63, 3.8) is 0 Å². The normalized spacial score (nSPS) is 18.0. The minimum atomic E-state index is -0.155. The van der Waals surface area contributed by atoms with E-state index in [9.17, 15) is 4.39 Å². The maximum absolute atomic E-state index is 11.9. The van der Waals surface area contributed by atoms with Crippen molar-refractivity contribution < 1.29 is 13.9 Å². The average molecular weight is 312 g/mol. The van der Waals surface area contributed by atoms with Crippen molar-refractivity contribution in [1.82, 2.24) is 0 Å². The van der Waals surface area contributed by atoms with Gasteiger partial charge in [0.2, 0.25) is 0 Å². The Labute approximate surface area is 136 Å². The monoisotopic (exact) mass is 312 g/mol. The van der Waals surface area contributed by atoms with Gasteiger partial charge in [0.1, 0.15) is 0 Å². The predicted octanol–water partition coefficient (Wildman–Crippen LogP) is 5.40. The lowest BCUT2D eigenvalue weighted by atomic mass is 10.1. The first-order valence-corrected chi connectivity index (χ1v) is 9.18. The summed E-state index contributed by atoms with van der Waals surface area (Å²) in [5, 5.41) is 0. The minimum absolute atomic E-state index is 0.0143. The van der Waals surface area contributed by atoms with Crippen molar-refractivity contribution in [3.8, 4) is 11.8 Å². The highest BCUT2D eigenvalue weighted by molar-refractivity contribution is 4.98. The van der Waals surface area contributed by atoms with Crippen LogP contribution in [-0.4, -0.2) is 26.2 Å². The lowest BCUT2D eigenvalue weighted by molar-refractivity contribution is -0.161. The largest absolute Gasteiger partial charge is 0.353 e. The van der Waals surface area contributed by atoms with Crippen molar-refractivity contribution in [2.24, 2.45) is 0 Å². The van der Waals surface area contributed by atoms with Gasteiger partial charge in [-0.25, -0.2) is 0 Å². The molecule has 0 spiro atoms. The van der Waals surface area contributed by atoms with Crippen LogP contribution in [0.5, 0.6) is 0 Å². The van der Waals surface area contributed by atoms with Crippen LogP contribution in [0.25, 0.3) is 0 Å². The summed E-state index contributed by atoms with van der Waals surface area (Å²) in [6.45, 7) is 1.38. The first-order chi connectivity index (χ1) is 10.9. The summed E-state index contributed by atoms with van der Waals surface area (Å²) in [6.07, 6.45) is 14.5. The lowest BCUT2D eigenvalue weighted by Gasteiger charge is -2.22. The zero-order valence-electron chi connectivity index (χ0n) is 14.1. The van der Waals surface area contributed by atoms with Crippen LogP contribution in [0.15, 0.2) is 0 Å². The fraction of sp³-hybridized carbons (Fsp3) is 0.895. The zero-order valence-corrected chi connectivity index (χ0v) is 14.1. The topological polar surface area (TPSA) is 18.5 Å². The van der Waals surface area contributed by atoms with E-state index in [4.69, 9.17) is 9.47 Å². The Bertz CT molecular complexity index is 290. The van der Waals surface area contributed by atoms with E-state index in [1.165, 1.54) is 44.9 Å². The van der Waals surface area contributed by atoms with Gasteiger partial charge in [-0.15, -0.1) is 11.8 Å². The summed E-state index contributed by atoms with van der Waals surface area (Å²) >= 11 is 0. The third-order valence-corrected chi connectivity index (χ3v) is 3.98. The van der Waals surface area contributed by atoms with Gasteiger partial charge in [0, 0.05) is 19.4 Å². The molecule has 2 nitrogen and oxygen atoms in total. The molecule has 0 aromatic carbocycles. The predicted molar refractivity (Wildman–Crippen MR) is 89.5 cm³/mol. The van der Waals surface area contributed by atoms with E-state index in [0.717, 1.165) is 45.1 Å². The van der Waals surface area contributed by atoms with Crippen molar-refractivity contribution in [1.29, 1.82) is 0 Å². The second-order valence-electron chi connectivity index (χ2n) is 6.04. The van der Waals surface area contributed by atoms with E-state index in [2.05, 4.69) is 11.8 Å². The molecule has 1 aliphatic heterocycles. The van der Waals surface area contributed by atoms with Crippen LogP contribution in [0, 0.1) is 11.8 Å². The van der Waals surface area contributed by atoms with Gasteiger partial charge in [-0.05, 0) is 32.1 Å². The molecule has 1 aliphatic rings. The minimum Gasteiger partial charge on any atom is -0.353 e. The Morgan fingerprint density at radius 1 is 0.864 bits per heavy atom. The van der Waals surface area contributed by atoms with Gasteiger partial charge in [-0.1, -0.05) is 38.5 Å². The molecule has 0 aliphatic carbocycles. The number of unbranched alkanes of at least 4 members (excludes halogenated alkanes) is 8. The van der Waals surface area contributed by atoms with Gasteiger partial charge < -0.3 is 9.47 Å². The second-order valence-corrected chi connectivity index (χ2v) is 6.04. The van der Waals surface area contributed by atoms with Crippen LogP contribution >= 0.6 is 0 Å². The molecule has 1 saturated heterocycles. The van der Waals surface area contributed by atoms with Crippen LogP contribution in [0.3, 0.4) is 0 Å². The first kappa shape index (κ1) is 19.5. The molecular weight excluding hydrogens is 279 g/mol. The Morgan fingerprint density at radius 2 is 1.55 bits per heavy atom. The molecule has 1 fully saturated rings. The number of hydrogen-bond donors (Lipinski definition) is 0. The Hall–Kier alpha value is -0.590. The Kier molecular flexibility index (Phi) is 13.5. The van der Waals surface area contributed by atoms with Gasteiger partial charge >= 0.3 is 0 Å². The first-order valence-electron chi connectivity index (χ1n) is 9.18. The molecule has 1 atom stereocenters. The lowest BCUT2D eigenvalue weighted by Crippen LogP contribution is -2.22. The fourth-order valence-corrected chi connectivity index (χ4v) is 2.63. The smallest absolute Gasteiger partial charge is 0.157 e. The number of rotatable bonds is 12. The third-order valence-electron chi connectivity index (χ3n) is 3.98. The zero-order chi connectivity index (χ0) is 15.7. The number of ether oxygens (including phenoxy) is 2. The van der Waals surface area contributed by atoms with E-state index in [1.54, 1.807) is 0 Å². The highest BCUT2D eigenvalue weighted by Gasteiger charge is 2.12. The average Bonchev–Trinajstić information content (AvgIpc) is 2.56. The van der Waals surface area contributed by atoms with Crippen LogP contribution in [0.4, 0.5) is 4.39 Å². The molecule has 0 bridgehead atoms. The maximum atomic E-state index is 11.9. The van der Waals surface area contributed by atoms with E-state index in [0.29, 0.717) is 6.61 Å². The molecule has 0 aromatic heterocycles. The summed E-state index contributed by atoms with van der Waals surface area (Å²) in [5.41, 5.74) is 0. The Morgan fingerprint density at radius 3 is 2.23 bits per heavy atom. The summed E-state index contributed by atoms with van der Waals surface area (Å²) in [5.74, 6) is 6.41. The summed E-state index contributed by atoms with van der Waals surface area (Å²) in [7, 11) is 0. The summed E-state index contributed by atoms with van der Waals surface area (Å²) < 4.78 is 23.0. The van der Waals surface area contributed by atoms with Gasteiger partial charge in [-0.3, -0.25) is 4.39 Å². The van der Waals surface area contributed by atoms with Crippen LogP contribution in [-0.2, 0) is 9.47 Å². The molecule has 3 heteroatoms. The van der Waals surface area contributed by atoms with Gasteiger partial charge in [0.25, 0.3) is 0 Å². The molecular formula is C19H33FO2. The van der Waals surface area contributed by atoms with Gasteiger partial charge in [0.05, 0.1) is 13.3 Å². The summed E-state index contributed by atoms with van der Waals surface area (Å²) in [4.78, 5) is 0. The standard InChI is InChI=1S/C19H33FO2/c20-16-12-9-7-5-3-1-2-4-6-8-10-13-17-21-19-15-11-14-18-22-19/h19H,1-7,9,11-18H2. The molecule has 0 N–H and O–H groups in total. The van der Waals surface area contributed by atoms with E-state index in [1.807, 2.05) is 0 Å². The molecule has 128 valence electrons.